The van der Waals surface area contributed by atoms with Gasteiger partial charge in [0.25, 0.3) is 0 Å². The standard InChI is InChI=1S/C21H31N5O3S/c1-15(2)29-11-9-23-30(27,28)12-6-7-19-17(4)24-25(5)21(19)26-10-8-18-13-16(3)14-22-20(18)26/h8,10,13-15,23H,6-7,9,11-12H2,1-5H3. The van der Waals surface area contributed by atoms with Crippen molar-refractivity contribution in [3.8, 4) is 5.82 Å². The van der Waals surface area contributed by atoms with Crippen LogP contribution in [0, 0.1) is 13.8 Å². The maximum atomic E-state index is 12.3. The number of pyridine rings is 1. The van der Waals surface area contributed by atoms with Crippen LogP contribution in [-0.4, -0.2) is 52.8 Å². The molecule has 0 aromatic carbocycles. The third-order valence-electron chi connectivity index (χ3n) is 4.92. The van der Waals surface area contributed by atoms with E-state index in [9.17, 15) is 8.42 Å². The van der Waals surface area contributed by atoms with E-state index in [1.165, 1.54) is 0 Å². The molecule has 1 N–H and O–H groups in total. The van der Waals surface area contributed by atoms with Gasteiger partial charge >= 0.3 is 0 Å². The van der Waals surface area contributed by atoms with Crippen molar-refractivity contribution in [2.45, 2.75) is 46.6 Å². The maximum absolute atomic E-state index is 12.3. The zero-order chi connectivity index (χ0) is 21.9. The maximum Gasteiger partial charge on any atom is 0.211 e. The summed E-state index contributed by atoms with van der Waals surface area (Å²) in [5.74, 6) is 0.987. The molecule has 0 amide bonds. The first-order valence-corrected chi connectivity index (χ1v) is 11.9. The third kappa shape index (κ3) is 5.27. The van der Waals surface area contributed by atoms with Crippen LogP contribution in [0.4, 0.5) is 0 Å². The van der Waals surface area contributed by atoms with Crippen molar-refractivity contribution in [3.05, 3.63) is 41.3 Å². The van der Waals surface area contributed by atoms with Crippen LogP contribution in [-0.2, 0) is 28.2 Å². The van der Waals surface area contributed by atoms with Crippen molar-refractivity contribution >= 4 is 21.1 Å². The molecule has 0 spiro atoms. The van der Waals surface area contributed by atoms with Crippen molar-refractivity contribution in [3.63, 3.8) is 0 Å². The molecule has 0 saturated heterocycles. The monoisotopic (exact) mass is 433 g/mol. The summed E-state index contributed by atoms with van der Waals surface area (Å²) < 4.78 is 36.4. The van der Waals surface area contributed by atoms with Gasteiger partial charge in [-0.25, -0.2) is 18.1 Å². The van der Waals surface area contributed by atoms with Gasteiger partial charge in [0.15, 0.2) is 0 Å². The van der Waals surface area contributed by atoms with Gasteiger partial charge in [0, 0.05) is 36.9 Å². The number of hydrogen-bond acceptors (Lipinski definition) is 5. The number of aryl methyl sites for hydroxylation is 3. The number of fused-ring (bicyclic) bond motifs is 1. The lowest BCUT2D eigenvalue weighted by Crippen LogP contribution is -2.30. The Balaban J connectivity index is 1.72. The molecule has 0 saturated carbocycles. The first kappa shape index (κ1) is 22.5. The number of nitrogens with one attached hydrogen (secondary N) is 1. The summed E-state index contributed by atoms with van der Waals surface area (Å²) in [6.45, 7) is 8.49. The number of aromatic nitrogens is 4. The summed E-state index contributed by atoms with van der Waals surface area (Å²) in [5, 5.41) is 5.64. The van der Waals surface area contributed by atoms with Gasteiger partial charge in [-0.15, -0.1) is 0 Å². The molecule has 3 rings (SSSR count). The lowest BCUT2D eigenvalue weighted by molar-refractivity contribution is 0.0834. The summed E-state index contributed by atoms with van der Waals surface area (Å²) in [5.41, 5.74) is 3.91. The summed E-state index contributed by atoms with van der Waals surface area (Å²) >= 11 is 0. The predicted octanol–water partition coefficient (Wildman–Crippen LogP) is 2.65. The van der Waals surface area contributed by atoms with Crippen LogP contribution in [0.25, 0.3) is 16.9 Å². The Morgan fingerprint density at radius 3 is 2.77 bits per heavy atom. The van der Waals surface area contributed by atoms with Crippen molar-refractivity contribution in [1.82, 2.24) is 24.1 Å². The Hall–Kier alpha value is -2.23. The van der Waals surface area contributed by atoms with Gasteiger partial charge in [0.1, 0.15) is 11.5 Å². The van der Waals surface area contributed by atoms with Gasteiger partial charge in [-0.2, -0.15) is 5.10 Å². The van der Waals surface area contributed by atoms with Crippen LogP contribution in [0.3, 0.4) is 0 Å². The molecule has 3 aromatic heterocycles. The largest absolute Gasteiger partial charge is 0.377 e. The summed E-state index contributed by atoms with van der Waals surface area (Å²) in [4.78, 5) is 4.59. The number of ether oxygens (including phenoxy) is 1. The Bertz CT molecular complexity index is 1120. The average molecular weight is 434 g/mol. The highest BCUT2D eigenvalue weighted by atomic mass is 32.2. The van der Waals surface area contributed by atoms with E-state index in [1.807, 2.05) is 62.5 Å². The Morgan fingerprint density at radius 2 is 2.03 bits per heavy atom. The number of nitrogens with zero attached hydrogens (tertiary/aromatic N) is 4. The van der Waals surface area contributed by atoms with Gasteiger partial charge in [-0.3, -0.25) is 9.25 Å². The smallest absolute Gasteiger partial charge is 0.211 e. The molecule has 164 valence electrons. The lowest BCUT2D eigenvalue weighted by Gasteiger charge is -2.11. The fourth-order valence-electron chi connectivity index (χ4n) is 3.59. The molecule has 0 aliphatic carbocycles. The first-order valence-electron chi connectivity index (χ1n) is 10.2. The Labute approximate surface area is 178 Å². The molecule has 3 aromatic rings. The highest BCUT2D eigenvalue weighted by molar-refractivity contribution is 7.89. The zero-order valence-electron chi connectivity index (χ0n) is 18.3. The molecule has 8 nitrogen and oxygen atoms in total. The van der Waals surface area contributed by atoms with Gasteiger partial charge in [0.05, 0.1) is 24.2 Å². The molecule has 0 aliphatic heterocycles. The van der Waals surface area contributed by atoms with Crippen LogP contribution in [0.15, 0.2) is 24.5 Å². The van der Waals surface area contributed by atoms with Crippen molar-refractivity contribution in [2.24, 2.45) is 7.05 Å². The fourth-order valence-corrected chi connectivity index (χ4v) is 4.65. The topological polar surface area (TPSA) is 91.0 Å². The number of hydrogen-bond donors (Lipinski definition) is 1. The van der Waals surface area contributed by atoms with E-state index in [0.717, 1.165) is 33.7 Å². The molecule has 0 bridgehead atoms. The SMILES string of the molecule is Cc1cnc2c(ccn2-c2c(CCCS(=O)(=O)NCCOC(C)C)c(C)nn2C)c1. The van der Waals surface area contributed by atoms with Gasteiger partial charge < -0.3 is 4.74 Å². The lowest BCUT2D eigenvalue weighted by atomic mass is 10.1. The molecule has 0 aliphatic rings. The van der Waals surface area contributed by atoms with Gasteiger partial charge in [-0.05, 0) is 58.2 Å². The minimum Gasteiger partial charge on any atom is -0.377 e. The molecule has 0 atom stereocenters. The van der Waals surface area contributed by atoms with Crippen LogP contribution in [0.5, 0.6) is 0 Å². The molecular weight excluding hydrogens is 402 g/mol. The minimum absolute atomic E-state index is 0.0618. The van der Waals surface area contributed by atoms with Crippen LogP contribution in [0.1, 0.15) is 37.1 Å². The van der Waals surface area contributed by atoms with Crippen LogP contribution >= 0.6 is 0 Å². The molecular formula is C21H31N5O3S. The van der Waals surface area contributed by atoms with E-state index in [0.29, 0.717) is 19.4 Å². The highest BCUT2D eigenvalue weighted by Crippen LogP contribution is 2.25. The molecule has 3 heterocycles. The van der Waals surface area contributed by atoms with E-state index < -0.39 is 10.0 Å². The summed E-state index contributed by atoms with van der Waals surface area (Å²) in [6.07, 6.45) is 5.05. The van der Waals surface area contributed by atoms with Crippen LogP contribution < -0.4 is 4.72 Å². The molecule has 0 fully saturated rings. The second-order valence-electron chi connectivity index (χ2n) is 7.86. The Kier molecular flexibility index (Phi) is 6.95. The van der Waals surface area contributed by atoms with Crippen molar-refractivity contribution in [1.29, 1.82) is 0 Å². The van der Waals surface area contributed by atoms with Gasteiger partial charge in [0.2, 0.25) is 10.0 Å². The number of rotatable bonds is 10. The number of sulfonamides is 1. The summed E-state index contributed by atoms with van der Waals surface area (Å²) in [7, 11) is -1.44. The Morgan fingerprint density at radius 1 is 1.27 bits per heavy atom. The highest BCUT2D eigenvalue weighted by Gasteiger charge is 2.18. The first-order chi connectivity index (χ1) is 14.2. The molecule has 0 radical (unpaired) electrons. The van der Waals surface area contributed by atoms with Crippen LogP contribution in [0.2, 0.25) is 0 Å². The van der Waals surface area contributed by atoms with E-state index in [-0.39, 0.29) is 18.4 Å². The minimum atomic E-state index is -3.34. The van der Waals surface area contributed by atoms with Gasteiger partial charge in [-0.1, -0.05) is 0 Å². The van der Waals surface area contributed by atoms with E-state index in [2.05, 4.69) is 20.9 Å². The molecule has 0 unspecified atom stereocenters. The second kappa shape index (κ2) is 9.28. The second-order valence-corrected chi connectivity index (χ2v) is 9.79. The molecule has 9 heteroatoms. The predicted molar refractivity (Wildman–Crippen MR) is 119 cm³/mol. The molecule has 30 heavy (non-hydrogen) atoms. The van der Waals surface area contributed by atoms with Crippen molar-refractivity contribution < 1.29 is 13.2 Å². The zero-order valence-corrected chi connectivity index (χ0v) is 19.2. The third-order valence-corrected chi connectivity index (χ3v) is 6.39. The summed E-state index contributed by atoms with van der Waals surface area (Å²) in [6, 6.07) is 4.14. The van der Waals surface area contributed by atoms with E-state index in [4.69, 9.17) is 4.74 Å². The quantitative estimate of drug-likeness (QED) is 0.497. The van der Waals surface area contributed by atoms with E-state index in [1.54, 1.807) is 0 Å². The van der Waals surface area contributed by atoms with Crippen molar-refractivity contribution in [2.75, 3.05) is 18.9 Å². The fraction of sp³-hybridized carbons (Fsp3) is 0.524. The average Bonchev–Trinajstić information content (AvgIpc) is 3.18. The normalized spacial score (nSPS) is 12.3. The van der Waals surface area contributed by atoms with E-state index >= 15 is 0 Å².